The van der Waals surface area contributed by atoms with Crippen LogP contribution in [0.2, 0.25) is 0 Å². The molecule has 1 aliphatic carbocycles. The Morgan fingerprint density at radius 3 is 2.88 bits per heavy atom. The third-order valence-electron chi connectivity index (χ3n) is 3.93. The molecule has 0 bridgehead atoms. The Labute approximate surface area is 103 Å². The first-order valence-corrected chi connectivity index (χ1v) is 6.27. The van der Waals surface area contributed by atoms with Gasteiger partial charge in [-0.15, -0.1) is 0 Å². The summed E-state index contributed by atoms with van der Waals surface area (Å²) in [5, 5.41) is 3.08. The minimum atomic E-state index is -0.382. The van der Waals surface area contributed by atoms with Gasteiger partial charge in [-0.05, 0) is 24.7 Å². The van der Waals surface area contributed by atoms with Crippen LogP contribution in [0.3, 0.4) is 0 Å². The molecule has 0 amide bonds. The maximum absolute atomic E-state index is 13.1. The van der Waals surface area contributed by atoms with Crippen LogP contribution in [0.25, 0.3) is 0 Å². The number of nitrogens with zero attached hydrogens (tertiary/aromatic N) is 1. The van der Waals surface area contributed by atoms with Crippen LogP contribution in [0.4, 0.5) is 4.39 Å². The van der Waals surface area contributed by atoms with Crippen LogP contribution in [0.15, 0.2) is 29.5 Å². The Bertz CT molecular complexity index is 382. The minimum absolute atomic E-state index is 0.0497. The SMILES string of the molecule is C=C1NCC(F)=N/C=C\C12CCCC(C)(C)C2. The lowest BCUT2D eigenvalue weighted by atomic mass is 9.62. The van der Waals surface area contributed by atoms with Gasteiger partial charge < -0.3 is 5.32 Å². The number of rotatable bonds is 0. The number of allylic oxidation sites excluding steroid dienone is 1. The van der Waals surface area contributed by atoms with Crippen molar-refractivity contribution >= 4 is 5.97 Å². The van der Waals surface area contributed by atoms with E-state index in [1.807, 2.05) is 6.08 Å². The van der Waals surface area contributed by atoms with Gasteiger partial charge in [0.2, 0.25) is 5.97 Å². The second-order valence-electron chi connectivity index (χ2n) is 6.00. The quantitative estimate of drug-likeness (QED) is 0.683. The topological polar surface area (TPSA) is 24.4 Å². The van der Waals surface area contributed by atoms with Crippen LogP contribution < -0.4 is 5.32 Å². The molecule has 1 heterocycles. The molecule has 2 aliphatic rings. The van der Waals surface area contributed by atoms with E-state index in [9.17, 15) is 4.39 Å². The second-order valence-corrected chi connectivity index (χ2v) is 6.00. The Hall–Kier alpha value is -1.12. The Balaban J connectivity index is 2.30. The third-order valence-corrected chi connectivity index (χ3v) is 3.93. The summed E-state index contributed by atoms with van der Waals surface area (Å²) in [4.78, 5) is 3.78. The van der Waals surface area contributed by atoms with E-state index in [4.69, 9.17) is 0 Å². The first kappa shape index (κ1) is 12.3. The molecule has 1 fully saturated rings. The molecule has 2 rings (SSSR count). The smallest absolute Gasteiger partial charge is 0.208 e. The molecule has 1 atom stereocenters. The van der Waals surface area contributed by atoms with Gasteiger partial charge in [0.1, 0.15) is 0 Å². The molecule has 17 heavy (non-hydrogen) atoms. The van der Waals surface area contributed by atoms with Gasteiger partial charge in [-0.25, -0.2) is 4.99 Å². The lowest BCUT2D eigenvalue weighted by molar-refractivity contribution is 0.146. The van der Waals surface area contributed by atoms with Crippen LogP contribution in [0.1, 0.15) is 39.5 Å². The average molecular weight is 236 g/mol. The van der Waals surface area contributed by atoms with Crippen molar-refractivity contribution in [2.24, 2.45) is 15.8 Å². The first-order chi connectivity index (χ1) is 7.94. The highest BCUT2D eigenvalue weighted by Crippen LogP contribution is 2.50. The maximum Gasteiger partial charge on any atom is 0.208 e. The molecule has 1 unspecified atom stereocenters. The average Bonchev–Trinajstić information content (AvgIpc) is 2.23. The van der Waals surface area contributed by atoms with E-state index in [1.165, 1.54) is 12.8 Å². The molecule has 3 heteroatoms. The Morgan fingerprint density at radius 2 is 2.18 bits per heavy atom. The zero-order chi connectivity index (χ0) is 12.5. The number of nitrogens with one attached hydrogen (secondary N) is 1. The van der Waals surface area contributed by atoms with Crippen LogP contribution >= 0.6 is 0 Å². The molecule has 94 valence electrons. The first-order valence-electron chi connectivity index (χ1n) is 6.27. The highest BCUT2D eigenvalue weighted by atomic mass is 19.1. The van der Waals surface area contributed by atoms with E-state index in [0.717, 1.165) is 18.5 Å². The normalized spacial score (nSPS) is 34.5. The standard InChI is InChI=1S/C14H21FN2/c1-11-14(6-4-5-13(2,3)10-14)7-8-16-12(15)9-17-11/h7-8,17H,1,4-6,9-10H2,2-3H3/b8-7-,16-12?. The van der Waals surface area contributed by atoms with Crippen molar-refractivity contribution in [1.29, 1.82) is 0 Å². The fraction of sp³-hybridized carbons (Fsp3) is 0.643. The van der Waals surface area contributed by atoms with Crippen LogP contribution in [0.5, 0.6) is 0 Å². The Kier molecular flexibility index (Phi) is 3.11. The molecule has 1 aliphatic heterocycles. The van der Waals surface area contributed by atoms with Crippen LogP contribution in [-0.4, -0.2) is 12.5 Å². The monoisotopic (exact) mass is 236 g/mol. The number of hydrogen-bond donors (Lipinski definition) is 1. The van der Waals surface area contributed by atoms with Crippen molar-refractivity contribution in [2.75, 3.05) is 6.54 Å². The summed E-state index contributed by atoms with van der Waals surface area (Å²) >= 11 is 0. The van der Waals surface area contributed by atoms with Crippen molar-refractivity contribution in [3.63, 3.8) is 0 Å². The molecule has 0 radical (unpaired) electrons. The molecular weight excluding hydrogens is 215 g/mol. The fourth-order valence-electron chi connectivity index (χ4n) is 3.08. The van der Waals surface area contributed by atoms with Crippen molar-refractivity contribution in [3.05, 3.63) is 24.6 Å². The Morgan fingerprint density at radius 1 is 1.41 bits per heavy atom. The van der Waals surface area contributed by atoms with Gasteiger partial charge in [0.25, 0.3) is 0 Å². The third kappa shape index (κ3) is 2.59. The lowest BCUT2D eigenvalue weighted by Crippen LogP contribution is -2.39. The lowest BCUT2D eigenvalue weighted by Gasteiger charge is -2.44. The van der Waals surface area contributed by atoms with Crippen molar-refractivity contribution < 1.29 is 4.39 Å². The molecule has 1 N–H and O–H groups in total. The van der Waals surface area contributed by atoms with Gasteiger partial charge in [0.05, 0.1) is 6.54 Å². The highest BCUT2D eigenvalue weighted by Gasteiger charge is 2.40. The van der Waals surface area contributed by atoms with Crippen molar-refractivity contribution in [2.45, 2.75) is 39.5 Å². The van der Waals surface area contributed by atoms with Gasteiger partial charge >= 0.3 is 0 Å². The van der Waals surface area contributed by atoms with E-state index in [-0.39, 0.29) is 17.9 Å². The summed E-state index contributed by atoms with van der Waals surface area (Å²) in [6, 6.07) is 0. The predicted molar refractivity (Wildman–Crippen MR) is 69.5 cm³/mol. The molecule has 0 aromatic carbocycles. The zero-order valence-corrected chi connectivity index (χ0v) is 10.7. The van der Waals surface area contributed by atoms with E-state index in [2.05, 4.69) is 30.7 Å². The summed E-state index contributed by atoms with van der Waals surface area (Å²) in [6.07, 6.45) is 8.21. The molecule has 0 aromatic rings. The van der Waals surface area contributed by atoms with Crippen LogP contribution in [-0.2, 0) is 0 Å². The maximum atomic E-state index is 13.1. The van der Waals surface area contributed by atoms with Crippen LogP contribution in [0, 0.1) is 10.8 Å². The molecule has 0 saturated heterocycles. The zero-order valence-electron chi connectivity index (χ0n) is 10.7. The van der Waals surface area contributed by atoms with E-state index in [0.29, 0.717) is 5.41 Å². The summed E-state index contributed by atoms with van der Waals surface area (Å²) in [7, 11) is 0. The molecule has 0 aromatic heterocycles. The largest absolute Gasteiger partial charge is 0.380 e. The summed E-state index contributed by atoms with van der Waals surface area (Å²) in [5.41, 5.74) is 1.20. The summed E-state index contributed by atoms with van der Waals surface area (Å²) < 4.78 is 13.1. The van der Waals surface area contributed by atoms with Gasteiger partial charge in [-0.1, -0.05) is 32.9 Å². The van der Waals surface area contributed by atoms with Crippen molar-refractivity contribution in [3.8, 4) is 0 Å². The van der Waals surface area contributed by atoms with E-state index in [1.54, 1.807) is 6.20 Å². The number of halogens is 1. The second kappa shape index (κ2) is 4.28. The molecule has 1 saturated carbocycles. The van der Waals surface area contributed by atoms with Gasteiger partial charge in [0.15, 0.2) is 0 Å². The van der Waals surface area contributed by atoms with E-state index >= 15 is 0 Å². The molecular formula is C14H21FN2. The van der Waals surface area contributed by atoms with Gasteiger partial charge in [-0.3, -0.25) is 0 Å². The fourth-order valence-corrected chi connectivity index (χ4v) is 3.08. The summed E-state index contributed by atoms with van der Waals surface area (Å²) in [5.74, 6) is -0.382. The summed E-state index contributed by atoms with van der Waals surface area (Å²) in [6.45, 7) is 8.85. The van der Waals surface area contributed by atoms with Crippen molar-refractivity contribution in [1.82, 2.24) is 5.32 Å². The van der Waals surface area contributed by atoms with E-state index < -0.39 is 0 Å². The van der Waals surface area contributed by atoms with Gasteiger partial charge in [0, 0.05) is 17.3 Å². The molecule has 2 nitrogen and oxygen atoms in total. The number of hydrogen-bond acceptors (Lipinski definition) is 2. The highest BCUT2D eigenvalue weighted by molar-refractivity contribution is 5.78. The molecule has 1 spiro atoms. The van der Waals surface area contributed by atoms with Gasteiger partial charge in [-0.2, -0.15) is 4.39 Å². The number of aliphatic imine (C=N–C) groups is 1. The minimum Gasteiger partial charge on any atom is -0.380 e. The predicted octanol–water partition coefficient (Wildman–Crippen LogP) is 3.57.